The number of rotatable bonds is 4. The van der Waals surface area contributed by atoms with Gasteiger partial charge in [0.15, 0.2) is 5.78 Å². The number of Topliss-reactive ketones (excluding diaryl/α,β-unsaturated/α-hetero) is 1. The van der Waals surface area contributed by atoms with Crippen LogP contribution in [0.1, 0.15) is 34.1 Å². The van der Waals surface area contributed by atoms with Crippen LogP contribution in [-0.4, -0.2) is 33.6 Å². The molecule has 1 atom stereocenters. The normalized spacial score (nSPS) is 19.9. The molecule has 104 valence electrons. The third kappa shape index (κ3) is 2.92. The van der Waals surface area contributed by atoms with Crippen LogP contribution in [-0.2, 0) is 14.4 Å². The van der Waals surface area contributed by atoms with E-state index in [-0.39, 0.29) is 17.3 Å². The van der Waals surface area contributed by atoms with Crippen LogP contribution in [0.4, 0.5) is 0 Å². The SMILES string of the molecule is C/C=C/C(=O)N1C(=O)C(C(C)=O)=C(O)C1CC(C)C. The Kier molecular flexibility index (Phi) is 4.64. The van der Waals surface area contributed by atoms with E-state index < -0.39 is 23.6 Å². The van der Waals surface area contributed by atoms with Crippen molar-refractivity contribution in [3.05, 3.63) is 23.5 Å². The Morgan fingerprint density at radius 2 is 2.00 bits per heavy atom. The summed E-state index contributed by atoms with van der Waals surface area (Å²) in [7, 11) is 0. The van der Waals surface area contributed by atoms with Crippen LogP contribution in [0.5, 0.6) is 0 Å². The van der Waals surface area contributed by atoms with Crippen molar-refractivity contribution in [3.63, 3.8) is 0 Å². The van der Waals surface area contributed by atoms with E-state index in [0.717, 1.165) is 4.90 Å². The molecule has 0 aromatic heterocycles. The van der Waals surface area contributed by atoms with Gasteiger partial charge in [-0.05, 0) is 32.3 Å². The minimum absolute atomic E-state index is 0.173. The molecule has 0 aromatic rings. The zero-order valence-electron chi connectivity index (χ0n) is 11.6. The first kappa shape index (κ1) is 15.1. The molecule has 1 N–H and O–H groups in total. The second-order valence-corrected chi connectivity index (χ2v) is 4.98. The second-order valence-electron chi connectivity index (χ2n) is 4.98. The molecule has 5 heteroatoms. The number of aliphatic hydroxyl groups is 1. The molecule has 5 nitrogen and oxygen atoms in total. The summed E-state index contributed by atoms with van der Waals surface area (Å²) in [6.07, 6.45) is 3.20. The van der Waals surface area contributed by atoms with Gasteiger partial charge >= 0.3 is 0 Å². The van der Waals surface area contributed by atoms with Crippen LogP contribution >= 0.6 is 0 Å². The lowest BCUT2D eigenvalue weighted by atomic mass is 10.0. The van der Waals surface area contributed by atoms with Crippen LogP contribution in [0.15, 0.2) is 23.5 Å². The Balaban J connectivity index is 3.21. The smallest absolute Gasteiger partial charge is 0.268 e. The average Bonchev–Trinajstić information content (AvgIpc) is 2.50. The van der Waals surface area contributed by atoms with Crippen molar-refractivity contribution in [2.45, 2.75) is 40.2 Å². The van der Waals surface area contributed by atoms with Crippen molar-refractivity contribution in [3.8, 4) is 0 Å². The van der Waals surface area contributed by atoms with Gasteiger partial charge in [0.05, 0.1) is 6.04 Å². The minimum Gasteiger partial charge on any atom is -0.509 e. The van der Waals surface area contributed by atoms with Gasteiger partial charge in [-0.25, -0.2) is 0 Å². The number of hydrogen-bond donors (Lipinski definition) is 1. The summed E-state index contributed by atoms with van der Waals surface area (Å²) in [5.41, 5.74) is -0.275. The molecule has 0 radical (unpaired) electrons. The molecule has 1 rings (SSSR count). The van der Waals surface area contributed by atoms with Gasteiger partial charge in [0.1, 0.15) is 11.3 Å². The maximum absolute atomic E-state index is 12.1. The Hall–Kier alpha value is -1.91. The zero-order chi connectivity index (χ0) is 14.7. The van der Waals surface area contributed by atoms with Crippen molar-refractivity contribution >= 4 is 17.6 Å². The number of hydrogen-bond acceptors (Lipinski definition) is 4. The summed E-state index contributed by atoms with van der Waals surface area (Å²) in [6, 6.07) is -0.741. The van der Waals surface area contributed by atoms with Gasteiger partial charge in [0.25, 0.3) is 11.8 Å². The molecule has 0 saturated carbocycles. The fourth-order valence-electron chi connectivity index (χ4n) is 2.13. The molecule has 0 fully saturated rings. The molecule has 1 unspecified atom stereocenters. The lowest BCUT2D eigenvalue weighted by molar-refractivity contribution is -0.140. The number of allylic oxidation sites excluding steroid dienone is 1. The van der Waals surface area contributed by atoms with E-state index in [2.05, 4.69) is 0 Å². The van der Waals surface area contributed by atoms with Crippen LogP contribution in [0.25, 0.3) is 0 Å². The van der Waals surface area contributed by atoms with Crippen molar-refractivity contribution < 1.29 is 19.5 Å². The first-order valence-corrected chi connectivity index (χ1v) is 6.25. The van der Waals surface area contributed by atoms with Crippen molar-refractivity contribution in [2.75, 3.05) is 0 Å². The highest BCUT2D eigenvalue weighted by atomic mass is 16.3. The lowest BCUT2D eigenvalue weighted by Gasteiger charge is -2.23. The van der Waals surface area contributed by atoms with Gasteiger partial charge in [0.2, 0.25) is 0 Å². The van der Waals surface area contributed by atoms with E-state index in [1.165, 1.54) is 19.1 Å². The number of carbonyl (C=O) groups is 3. The number of ketones is 1. The first-order chi connectivity index (χ1) is 8.81. The molecule has 1 heterocycles. The number of amides is 2. The van der Waals surface area contributed by atoms with E-state index in [4.69, 9.17) is 0 Å². The average molecular weight is 265 g/mol. The van der Waals surface area contributed by atoms with E-state index in [1.807, 2.05) is 13.8 Å². The van der Waals surface area contributed by atoms with Crippen LogP contribution < -0.4 is 0 Å². The second kappa shape index (κ2) is 5.82. The quantitative estimate of drug-likeness (QED) is 0.620. The molecular weight excluding hydrogens is 246 g/mol. The Morgan fingerprint density at radius 3 is 2.42 bits per heavy atom. The number of aliphatic hydroxyl groups excluding tert-OH is 1. The fraction of sp³-hybridized carbons (Fsp3) is 0.500. The molecule has 1 aliphatic rings. The van der Waals surface area contributed by atoms with Crippen molar-refractivity contribution in [2.24, 2.45) is 5.92 Å². The predicted molar refractivity (Wildman–Crippen MR) is 70.2 cm³/mol. The van der Waals surface area contributed by atoms with Gasteiger partial charge in [-0.2, -0.15) is 0 Å². The topological polar surface area (TPSA) is 74.7 Å². The lowest BCUT2D eigenvalue weighted by Crippen LogP contribution is -2.41. The Morgan fingerprint density at radius 1 is 1.42 bits per heavy atom. The summed E-state index contributed by atoms with van der Waals surface area (Å²) < 4.78 is 0. The highest BCUT2D eigenvalue weighted by molar-refractivity contribution is 6.24. The fourth-order valence-corrected chi connectivity index (χ4v) is 2.13. The van der Waals surface area contributed by atoms with Crippen molar-refractivity contribution in [1.82, 2.24) is 4.90 Å². The Labute approximate surface area is 112 Å². The summed E-state index contributed by atoms with van der Waals surface area (Å²) in [4.78, 5) is 36.4. The van der Waals surface area contributed by atoms with E-state index in [9.17, 15) is 19.5 Å². The Bertz CT molecular complexity index is 474. The number of nitrogens with zero attached hydrogens (tertiary/aromatic N) is 1. The maximum Gasteiger partial charge on any atom is 0.268 e. The van der Waals surface area contributed by atoms with Crippen LogP contribution in [0.3, 0.4) is 0 Å². The van der Waals surface area contributed by atoms with E-state index in [0.29, 0.717) is 6.42 Å². The highest BCUT2D eigenvalue weighted by Gasteiger charge is 2.44. The monoisotopic (exact) mass is 265 g/mol. The molecule has 0 aliphatic carbocycles. The van der Waals surface area contributed by atoms with E-state index >= 15 is 0 Å². The number of imide groups is 1. The standard InChI is InChI=1S/C14H19NO4/c1-5-6-11(17)15-10(7-8(2)3)13(18)12(9(4)16)14(15)19/h5-6,8,10,18H,7H2,1-4H3/b6-5+. The van der Waals surface area contributed by atoms with Crippen LogP contribution in [0, 0.1) is 5.92 Å². The van der Waals surface area contributed by atoms with Crippen LogP contribution in [0.2, 0.25) is 0 Å². The third-order valence-electron chi connectivity index (χ3n) is 2.91. The molecule has 19 heavy (non-hydrogen) atoms. The molecule has 0 spiro atoms. The van der Waals surface area contributed by atoms with Gasteiger partial charge < -0.3 is 5.11 Å². The number of carbonyl (C=O) groups excluding carboxylic acids is 3. The highest BCUT2D eigenvalue weighted by Crippen LogP contribution is 2.29. The first-order valence-electron chi connectivity index (χ1n) is 6.25. The largest absolute Gasteiger partial charge is 0.509 e. The molecule has 2 amide bonds. The van der Waals surface area contributed by atoms with Crippen molar-refractivity contribution in [1.29, 1.82) is 0 Å². The van der Waals surface area contributed by atoms with E-state index in [1.54, 1.807) is 6.92 Å². The van der Waals surface area contributed by atoms with Gasteiger partial charge in [-0.3, -0.25) is 19.3 Å². The summed E-state index contributed by atoms with van der Waals surface area (Å²) in [5.74, 6) is -1.86. The molecule has 0 saturated heterocycles. The maximum atomic E-state index is 12.1. The predicted octanol–water partition coefficient (Wildman–Crippen LogP) is 1.75. The summed E-state index contributed by atoms with van der Waals surface area (Å²) >= 11 is 0. The van der Waals surface area contributed by atoms with Gasteiger partial charge in [-0.1, -0.05) is 19.9 Å². The molecular formula is C14H19NO4. The minimum atomic E-state index is -0.741. The molecule has 0 bridgehead atoms. The molecule has 0 aromatic carbocycles. The molecule has 1 aliphatic heterocycles. The third-order valence-corrected chi connectivity index (χ3v) is 2.91. The zero-order valence-corrected chi connectivity index (χ0v) is 11.6. The van der Waals surface area contributed by atoms with Gasteiger partial charge in [-0.15, -0.1) is 0 Å². The summed E-state index contributed by atoms with van der Waals surface area (Å²) in [5, 5.41) is 10.0. The summed E-state index contributed by atoms with van der Waals surface area (Å²) in [6.45, 7) is 6.71. The van der Waals surface area contributed by atoms with Gasteiger partial charge in [0, 0.05) is 0 Å².